The van der Waals surface area contributed by atoms with Gasteiger partial charge in [-0.1, -0.05) is 25.0 Å². The van der Waals surface area contributed by atoms with Crippen molar-refractivity contribution in [3.8, 4) is 0 Å². The molecule has 2 aromatic rings. The lowest BCUT2D eigenvalue weighted by molar-refractivity contribution is 0.380. The smallest absolute Gasteiger partial charge is 0.0346 e. The lowest BCUT2D eigenvalue weighted by atomic mass is 9.99. The second-order valence-corrected chi connectivity index (χ2v) is 5.77. The molecule has 0 unspecified atom stereocenters. The second-order valence-electron chi connectivity index (χ2n) is 5.77. The average molecular weight is 254 g/mol. The maximum absolute atomic E-state index is 4.15. The van der Waals surface area contributed by atoms with Crippen LogP contribution in [0.25, 0.3) is 10.8 Å². The highest BCUT2D eigenvalue weighted by Crippen LogP contribution is 2.27. The zero-order chi connectivity index (χ0) is 13.1. The molecule has 2 heteroatoms. The standard InChI is InChI=1S/C17H22N2/c1-13(15-4-2-3-5-15)19-11-14-6-7-17-12-18-9-8-16(17)10-14/h6-10,12-13,15,19H,2-5,11H2,1H3/t13-/m0/s1. The molecule has 0 saturated heterocycles. The zero-order valence-corrected chi connectivity index (χ0v) is 11.6. The van der Waals surface area contributed by atoms with E-state index in [1.165, 1.54) is 42.0 Å². The Balaban J connectivity index is 1.64. The van der Waals surface area contributed by atoms with Crippen molar-refractivity contribution >= 4 is 10.8 Å². The summed E-state index contributed by atoms with van der Waals surface area (Å²) in [5.41, 5.74) is 1.36. The summed E-state index contributed by atoms with van der Waals surface area (Å²) >= 11 is 0. The van der Waals surface area contributed by atoms with Gasteiger partial charge in [-0.2, -0.15) is 0 Å². The minimum Gasteiger partial charge on any atom is -0.310 e. The predicted octanol–water partition coefficient (Wildman–Crippen LogP) is 3.90. The van der Waals surface area contributed by atoms with Crippen LogP contribution in [0.1, 0.15) is 38.2 Å². The number of hydrogen-bond donors (Lipinski definition) is 1. The van der Waals surface area contributed by atoms with Gasteiger partial charge in [0.1, 0.15) is 0 Å². The van der Waals surface area contributed by atoms with E-state index in [0.717, 1.165) is 12.5 Å². The fourth-order valence-electron chi connectivity index (χ4n) is 3.15. The van der Waals surface area contributed by atoms with Crippen LogP contribution in [0.3, 0.4) is 0 Å². The fraction of sp³-hybridized carbons (Fsp3) is 0.471. The molecule has 2 nitrogen and oxygen atoms in total. The van der Waals surface area contributed by atoms with Crippen molar-refractivity contribution in [2.75, 3.05) is 0 Å². The van der Waals surface area contributed by atoms with E-state index in [4.69, 9.17) is 0 Å². The Morgan fingerprint density at radius 3 is 2.89 bits per heavy atom. The van der Waals surface area contributed by atoms with Crippen LogP contribution < -0.4 is 5.32 Å². The van der Waals surface area contributed by atoms with Gasteiger partial charge in [-0.15, -0.1) is 0 Å². The molecule has 1 fully saturated rings. The molecule has 3 rings (SSSR count). The van der Waals surface area contributed by atoms with Crippen LogP contribution in [0.15, 0.2) is 36.7 Å². The van der Waals surface area contributed by atoms with E-state index in [1.807, 2.05) is 12.4 Å². The molecule has 0 radical (unpaired) electrons. The van der Waals surface area contributed by atoms with Gasteiger partial charge in [0, 0.05) is 30.4 Å². The Hall–Kier alpha value is -1.41. The first kappa shape index (κ1) is 12.6. The van der Waals surface area contributed by atoms with Crippen molar-refractivity contribution in [1.82, 2.24) is 10.3 Å². The minimum atomic E-state index is 0.635. The van der Waals surface area contributed by atoms with Crippen LogP contribution in [0.2, 0.25) is 0 Å². The van der Waals surface area contributed by atoms with E-state index in [2.05, 4.69) is 41.5 Å². The quantitative estimate of drug-likeness (QED) is 0.895. The summed E-state index contributed by atoms with van der Waals surface area (Å²) in [5.74, 6) is 0.879. The SMILES string of the molecule is C[C@H](NCc1ccc2cnccc2c1)C1CCCC1. The number of rotatable bonds is 4. The summed E-state index contributed by atoms with van der Waals surface area (Å²) in [7, 11) is 0. The third-order valence-electron chi connectivity index (χ3n) is 4.44. The summed E-state index contributed by atoms with van der Waals surface area (Å²) in [5, 5.41) is 6.19. The summed E-state index contributed by atoms with van der Waals surface area (Å²) < 4.78 is 0. The van der Waals surface area contributed by atoms with E-state index in [-0.39, 0.29) is 0 Å². The number of pyridine rings is 1. The molecule has 1 aliphatic rings. The van der Waals surface area contributed by atoms with Crippen LogP contribution >= 0.6 is 0 Å². The lowest BCUT2D eigenvalue weighted by Crippen LogP contribution is -2.31. The number of fused-ring (bicyclic) bond motifs is 1. The largest absolute Gasteiger partial charge is 0.310 e. The molecule has 19 heavy (non-hydrogen) atoms. The van der Waals surface area contributed by atoms with Crippen molar-refractivity contribution < 1.29 is 0 Å². The van der Waals surface area contributed by atoms with Gasteiger partial charge in [0.25, 0.3) is 0 Å². The van der Waals surface area contributed by atoms with Gasteiger partial charge in [-0.3, -0.25) is 4.98 Å². The molecule has 1 aromatic heterocycles. The van der Waals surface area contributed by atoms with Crippen LogP contribution in [-0.2, 0) is 6.54 Å². The van der Waals surface area contributed by atoms with E-state index >= 15 is 0 Å². The molecular formula is C17H22N2. The van der Waals surface area contributed by atoms with Gasteiger partial charge < -0.3 is 5.32 Å². The third kappa shape index (κ3) is 2.95. The van der Waals surface area contributed by atoms with Crippen LogP contribution in [0.4, 0.5) is 0 Å². The molecule has 1 atom stereocenters. The van der Waals surface area contributed by atoms with Crippen LogP contribution in [-0.4, -0.2) is 11.0 Å². The fourth-order valence-corrected chi connectivity index (χ4v) is 3.15. The Morgan fingerprint density at radius 2 is 2.05 bits per heavy atom. The van der Waals surface area contributed by atoms with Crippen molar-refractivity contribution in [1.29, 1.82) is 0 Å². The summed E-state index contributed by atoms with van der Waals surface area (Å²) in [4.78, 5) is 4.15. The molecular weight excluding hydrogens is 232 g/mol. The molecule has 0 amide bonds. The minimum absolute atomic E-state index is 0.635. The average Bonchev–Trinajstić information content (AvgIpc) is 2.99. The van der Waals surface area contributed by atoms with E-state index in [1.54, 1.807) is 0 Å². The van der Waals surface area contributed by atoms with Crippen molar-refractivity contribution in [2.24, 2.45) is 5.92 Å². The Kier molecular flexibility index (Phi) is 3.79. The summed E-state index contributed by atoms with van der Waals surface area (Å²) in [6, 6.07) is 9.36. The van der Waals surface area contributed by atoms with E-state index < -0.39 is 0 Å². The summed E-state index contributed by atoms with van der Waals surface area (Å²) in [6.07, 6.45) is 9.42. The predicted molar refractivity (Wildman–Crippen MR) is 80.0 cm³/mol. The molecule has 0 aliphatic heterocycles. The van der Waals surface area contributed by atoms with Crippen molar-refractivity contribution in [2.45, 2.75) is 45.2 Å². The van der Waals surface area contributed by atoms with Gasteiger partial charge in [0.15, 0.2) is 0 Å². The molecule has 1 aromatic carbocycles. The van der Waals surface area contributed by atoms with Gasteiger partial charge >= 0.3 is 0 Å². The summed E-state index contributed by atoms with van der Waals surface area (Å²) in [6.45, 7) is 3.30. The van der Waals surface area contributed by atoms with Gasteiger partial charge in [0.05, 0.1) is 0 Å². The molecule has 1 N–H and O–H groups in total. The molecule has 1 aliphatic carbocycles. The lowest BCUT2D eigenvalue weighted by Gasteiger charge is -2.20. The molecule has 0 spiro atoms. The Morgan fingerprint density at radius 1 is 1.21 bits per heavy atom. The molecule has 1 heterocycles. The highest BCUT2D eigenvalue weighted by molar-refractivity contribution is 5.81. The second kappa shape index (κ2) is 5.70. The zero-order valence-electron chi connectivity index (χ0n) is 11.6. The first-order valence-electron chi connectivity index (χ1n) is 7.39. The maximum atomic E-state index is 4.15. The van der Waals surface area contributed by atoms with Crippen molar-refractivity contribution in [3.05, 3.63) is 42.2 Å². The number of hydrogen-bond acceptors (Lipinski definition) is 2. The maximum Gasteiger partial charge on any atom is 0.0346 e. The Labute approximate surface area is 115 Å². The number of nitrogens with zero attached hydrogens (tertiary/aromatic N) is 1. The normalized spacial score (nSPS) is 17.9. The van der Waals surface area contributed by atoms with Crippen LogP contribution in [0, 0.1) is 5.92 Å². The van der Waals surface area contributed by atoms with E-state index in [9.17, 15) is 0 Å². The topological polar surface area (TPSA) is 24.9 Å². The number of aromatic nitrogens is 1. The van der Waals surface area contributed by atoms with Gasteiger partial charge in [0.2, 0.25) is 0 Å². The van der Waals surface area contributed by atoms with Crippen molar-refractivity contribution in [3.63, 3.8) is 0 Å². The monoisotopic (exact) mass is 254 g/mol. The number of nitrogens with one attached hydrogen (secondary N) is 1. The first-order valence-corrected chi connectivity index (χ1v) is 7.39. The molecule has 100 valence electrons. The van der Waals surface area contributed by atoms with Crippen LogP contribution in [0.5, 0.6) is 0 Å². The molecule has 1 saturated carbocycles. The highest BCUT2D eigenvalue weighted by atomic mass is 14.9. The number of benzene rings is 1. The highest BCUT2D eigenvalue weighted by Gasteiger charge is 2.20. The Bertz CT molecular complexity index is 544. The molecule has 0 bridgehead atoms. The van der Waals surface area contributed by atoms with E-state index in [0.29, 0.717) is 6.04 Å². The van der Waals surface area contributed by atoms with Gasteiger partial charge in [-0.05, 0) is 48.8 Å². The van der Waals surface area contributed by atoms with Gasteiger partial charge in [-0.25, -0.2) is 0 Å². The first-order chi connectivity index (χ1) is 9.33. The third-order valence-corrected chi connectivity index (χ3v) is 4.44.